The van der Waals surface area contributed by atoms with Crippen LogP contribution in [0.25, 0.3) is 0 Å². The van der Waals surface area contributed by atoms with Crippen molar-refractivity contribution in [3.8, 4) is 5.75 Å². The Morgan fingerprint density at radius 3 is 3.11 bits per heavy atom. The Morgan fingerprint density at radius 1 is 1.58 bits per heavy atom. The second-order valence-electron chi connectivity index (χ2n) is 4.31. The molecule has 0 aliphatic carbocycles. The van der Waals surface area contributed by atoms with Crippen LogP contribution in [0.2, 0.25) is 0 Å². The zero-order chi connectivity index (χ0) is 13.8. The minimum atomic E-state index is -0.289. The molecule has 1 aliphatic rings. The van der Waals surface area contributed by atoms with Crippen LogP contribution in [-0.4, -0.2) is 25.6 Å². The predicted octanol–water partition coefficient (Wildman–Crippen LogP) is 0.970. The summed E-state index contributed by atoms with van der Waals surface area (Å²) in [6, 6.07) is 5.08. The number of benzene rings is 1. The number of ether oxygens (including phenoxy) is 2. The highest BCUT2D eigenvalue weighted by Gasteiger charge is 2.18. The van der Waals surface area contributed by atoms with Gasteiger partial charge >= 0.3 is 5.97 Å². The third kappa shape index (κ3) is 3.23. The van der Waals surface area contributed by atoms with E-state index in [1.54, 1.807) is 12.1 Å². The van der Waals surface area contributed by atoms with Crippen LogP contribution in [0.15, 0.2) is 18.2 Å². The van der Waals surface area contributed by atoms with Gasteiger partial charge < -0.3 is 20.5 Å². The van der Waals surface area contributed by atoms with Gasteiger partial charge in [0.25, 0.3) is 5.91 Å². The smallest absolute Gasteiger partial charge is 0.305 e. The van der Waals surface area contributed by atoms with Gasteiger partial charge in [-0.2, -0.15) is 0 Å². The fourth-order valence-corrected chi connectivity index (χ4v) is 1.87. The molecule has 2 rings (SSSR count). The second-order valence-corrected chi connectivity index (χ2v) is 4.31. The van der Waals surface area contributed by atoms with Crippen molar-refractivity contribution in [1.29, 1.82) is 0 Å². The maximum atomic E-state index is 11.2. The summed E-state index contributed by atoms with van der Waals surface area (Å²) in [5.74, 6) is 0.154. The third-order valence-electron chi connectivity index (χ3n) is 2.95. The van der Waals surface area contributed by atoms with E-state index in [0.717, 1.165) is 5.56 Å². The van der Waals surface area contributed by atoms with Crippen LogP contribution in [0.5, 0.6) is 5.75 Å². The molecule has 1 unspecified atom stereocenters. The molecule has 1 amide bonds. The predicted molar refractivity (Wildman–Crippen MR) is 68.7 cm³/mol. The number of hydrogen-bond donors (Lipinski definition) is 2. The molecule has 102 valence electrons. The van der Waals surface area contributed by atoms with Crippen LogP contribution in [0.4, 0.5) is 5.69 Å². The summed E-state index contributed by atoms with van der Waals surface area (Å²) in [7, 11) is 1.35. The summed E-state index contributed by atoms with van der Waals surface area (Å²) < 4.78 is 9.83. The number of rotatable bonds is 4. The van der Waals surface area contributed by atoms with Gasteiger partial charge in [0.2, 0.25) is 0 Å². The highest BCUT2D eigenvalue weighted by molar-refractivity contribution is 5.95. The van der Waals surface area contributed by atoms with Crippen molar-refractivity contribution in [1.82, 2.24) is 0 Å². The summed E-state index contributed by atoms with van der Waals surface area (Å²) >= 11 is 0. The molecule has 3 N–H and O–H groups in total. The number of nitrogens with two attached hydrogens (primary N) is 1. The van der Waals surface area contributed by atoms with Crippen LogP contribution in [0, 0.1) is 0 Å². The Balaban J connectivity index is 2.06. The Labute approximate surface area is 110 Å². The number of hydrogen-bond acceptors (Lipinski definition) is 5. The Morgan fingerprint density at radius 2 is 2.37 bits per heavy atom. The molecule has 1 heterocycles. The van der Waals surface area contributed by atoms with Crippen molar-refractivity contribution in [3.05, 3.63) is 23.8 Å². The number of fused-ring (bicyclic) bond motifs is 1. The zero-order valence-corrected chi connectivity index (χ0v) is 10.6. The molecule has 1 aliphatic heterocycles. The first-order chi connectivity index (χ1) is 9.10. The Bertz CT molecular complexity index is 501. The zero-order valence-electron chi connectivity index (χ0n) is 10.6. The maximum Gasteiger partial charge on any atom is 0.305 e. The monoisotopic (exact) mass is 264 g/mol. The molecule has 0 radical (unpaired) electrons. The molecule has 1 aromatic carbocycles. The van der Waals surface area contributed by atoms with Crippen molar-refractivity contribution in [2.45, 2.75) is 18.9 Å². The lowest BCUT2D eigenvalue weighted by atomic mass is 10.0. The van der Waals surface area contributed by atoms with E-state index >= 15 is 0 Å². The molecule has 1 atom stereocenters. The van der Waals surface area contributed by atoms with Crippen LogP contribution in [0.1, 0.15) is 24.4 Å². The Kier molecular flexibility index (Phi) is 4.01. The number of nitrogens with one attached hydrogen (secondary N) is 1. The Hall–Kier alpha value is -2.08. The van der Waals surface area contributed by atoms with Gasteiger partial charge in [0.05, 0.1) is 12.8 Å². The molecule has 0 aromatic heterocycles. The quantitative estimate of drug-likeness (QED) is 0.791. The number of methoxy groups -OCH3 is 1. The van der Waals surface area contributed by atoms with Crippen molar-refractivity contribution >= 4 is 17.6 Å². The third-order valence-corrected chi connectivity index (χ3v) is 2.95. The molecule has 19 heavy (non-hydrogen) atoms. The van der Waals surface area contributed by atoms with Crippen LogP contribution in [0.3, 0.4) is 0 Å². The minimum absolute atomic E-state index is 0.0285. The van der Waals surface area contributed by atoms with Gasteiger partial charge in [0, 0.05) is 12.5 Å². The minimum Gasteiger partial charge on any atom is -0.482 e. The van der Waals surface area contributed by atoms with E-state index in [1.165, 1.54) is 7.11 Å². The van der Waals surface area contributed by atoms with Crippen LogP contribution in [-0.2, 0) is 14.3 Å². The summed E-state index contributed by atoms with van der Waals surface area (Å²) in [5, 5.41) is 2.72. The first-order valence-electron chi connectivity index (χ1n) is 5.99. The fraction of sp³-hybridized carbons (Fsp3) is 0.385. The highest BCUT2D eigenvalue weighted by atomic mass is 16.5. The maximum absolute atomic E-state index is 11.2. The standard InChI is InChI=1S/C13H16N2O4/c1-18-13(17)5-3-9(14)8-2-4-11-10(6-8)15-12(16)7-19-11/h2,4,6,9H,3,5,7,14H2,1H3,(H,15,16). The normalized spacial score (nSPS) is 14.9. The highest BCUT2D eigenvalue weighted by Crippen LogP contribution is 2.30. The van der Waals surface area contributed by atoms with Gasteiger partial charge in [-0.05, 0) is 24.1 Å². The number of amides is 1. The van der Waals surface area contributed by atoms with Crippen molar-refractivity contribution < 1.29 is 19.1 Å². The van der Waals surface area contributed by atoms with Crippen LogP contribution < -0.4 is 15.8 Å². The first kappa shape index (κ1) is 13.4. The molecule has 0 saturated carbocycles. The van der Waals surface area contributed by atoms with E-state index in [4.69, 9.17) is 10.5 Å². The summed E-state index contributed by atoms with van der Waals surface area (Å²) in [6.45, 7) is 0.0285. The van der Waals surface area contributed by atoms with Gasteiger partial charge in [-0.3, -0.25) is 9.59 Å². The van der Waals surface area contributed by atoms with E-state index in [1.807, 2.05) is 6.07 Å². The van der Waals surface area contributed by atoms with E-state index in [0.29, 0.717) is 17.9 Å². The SMILES string of the molecule is COC(=O)CCC(N)c1ccc2c(c1)NC(=O)CO2. The van der Waals surface area contributed by atoms with Gasteiger partial charge in [0.1, 0.15) is 5.75 Å². The number of carbonyl (C=O) groups excluding carboxylic acids is 2. The molecular formula is C13H16N2O4. The van der Waals surface area contributed by atoms with E-state index in [2.05, 4.69) is 10.1 Å². The molecule has 0 saturated heterocycles. The molecule has 6 heteroatoms. The number of carbonyl (C=O) groups is 2. The second kappa shape index (κ2) is 5.71. The van der Waals surface area contributed by atoms with Gasteiger partial charge in [-0.15, -0.1) is 0 Å². The molecule has 0 bridgehead atoms. The van der Waals surface area contributed by atoms with E-state index < -0.39 is 0 Å². The van der Waals surface area contributed by atoms with E-state index in [-0.39, 0.29) is 30.9 Å². The van der Waals surface area contributed by atoms with E-state index in [9.17, 15) is 9.59 Å². The fourth-order valence-electron chi connectivity index (χ4n) is 1.87. The lowest BCUT2D eigenvalue weighted by Crippen LogP contribution is -2.25. The topological polar surface area (TPSA) is 90.6 Å². The molecule has 6 nitrogen and oxygen atoms in total. The number of anilines is 1. The lowest BCUT2D eigenvalue weighted by Gasteiger charge is -2.20. The summed E-state index contributed by atoms with van der Waals surface area (Å²) in [5.41, 5.74) is 7.46. The van der Waals surface area contributed by atoms with Gasteiger partial charge in [-0.1, -0.05) is 6.07 Å². The summed E-state index contributed by atoms with van der Waals surface area (Å²) in [6.07, 6.45) is 0.748. The van der Waals surface area contributed by atoms with Gasteiger partial charge in [0.15, 0.2) is 6.61 Å². The first-order valence-corrected chi connectivity index (χ1v) is 5.99. The molecule has 0 spiro atoms. The summed E-state index contributed by atoms with van der Waals surface area (Å²) in [4.78, 5) is 22.3. The van der Waals surface area contributed by atoms with Crippen molar-refractivity contribution in [3.63, 3.8) is 0 Å². The molecule has 1 aromatic rings. The molecular weight excluding hydrogens is 248 g/mol. The number of esters is 1. The van der Waals surface area contributed by atoms with Crippen LogP contribution >= 0.6 is 0 Å². The largest absolute Gasteiger partial charge is 0.482 e. The van der Waals surface area contributed by atoms with Crippen molar-refractivity contribution in [2.75, 3.05) is 19.0 Å². The lowest BCUT2D eigenvalue weighted by molar-refractivity contribution is -0.140. The average Bonchev–Trinajstić information content (AvgIpc) is 2.43. The molecule has 0 fully saturated rings. The van der Waals surface area contributed by atoms with Crippen molar-refractivity contribution in [2.24, 2.45) is 5.73 Å². The van der Waals surface area contributed by atoms with Gasteiger partial charge in [-0.25, -0.2) is 0 Å². The average molecular weight is 264 g/mol.